The largest absolute Gasteiger partial charge is 0.346 e. The van der Waals surface area contributed by atoms with Gasteiger partial charge in [0.1, 0.15) is 4.83 Å². The number of hydrogen-bond acceptors (Lipinski definition) is 6. The van der Waals surface area contributed by atoms with Crippen molar-refractivity contribution in [2.75, 3.05) is 25.4 Å². The number of rotatable bonds is 6. The summed E-state index contributed by atoms with van der Waals surface area (Å²) in [6.45, 7) is 1.61. The van der Waals surface area contributed by atoms with Crippen molar-refractivity contribution >= 4 is 45.1 Å². The normalized spacial score (nSPS) is 18.9. The van der Waals surface area contributed by atoms with Gasteiger partial charge in [-0.3, -0.25) is 19.0 Å². The summed E-state index contributed by atoms with van der Waals surface area (Å²) < 4.78 is 1.88. The van der Waals surface area contributed by atoms with E-state index in [0.717, 1.165) is 81.1 Å². The maximum absolute atomic E-state index is 13.6. The van der Waals surface area contributed by atoms with Crippen LogP contribution < -0.4 is 10.9 Å². The van der Waals surface area contributed by atoms with Crippen LogP contribution in [-0.2, 0) is 22.4 Å². The van der Waals surface area contributed by atoms with Crippen molar-refractivity contribution in [3.63, 3.8) is 0 Å². The van der Waals surface area contributed by atoms with Crippen LogP contribution in [0, 0.1) is 0 Å². The quantitative estimate of drug-likeness (QED) is 0.513. The van der Waals surface area contributed by atoms with Crippen molar-refractivity contribution in [3.8, 4) is 0 Å². The lowest BCUT2D eigenvalue weighted by atomic mass is 9.97. The topological polar surface area (TPSA) is 84.3 Å². The molecular formula is C23H30N4O3S2. The monoisotopic (exact) mass is 474 g/mol. The van der Waals surface area contributed by atoms with Crippen molar-refractivity contribution in [2.24, 2.45) is 0 Å². The van der Waals surface area contributed by atoms with E-state index < -0.39 is 0 Å². The van der Waals surface area contributed by atoms with Crippen molar-refractivity contribution < 1.29 is 9.59 Å². The molecule has 2 aliphatic carbocycles. The molecule has 172 valence electrons. The van der Waals surface area contributed by atoms with Gasteiger partial charge in [-0.1, -0.05) is 24.6 Å². The zero-order valence-electron chi connectivity index (χ0n) is 18.4. The SMILES string of the molecule is O=C(CSc1nc2sc3c(c2c(=O)n1C1CCCC1)CCCC3)NCC(=O)N1CCCC1. The van der Waals surface area contributed by atoms with Crippen LogP contribution in [0.5, 0.6) is 0 Å². The number of thioether (sulfide) groups is 1. The van der Waals surface area contributed by atoms with Gasteiger partial charge in [0.25, 0.3) is 5.56 Å². The fourth-order valence-corrected chi connectivity index (χ4v) is 7.42. The van der Waals surface area contributed by atoms with Gasteiger partial charge in [-0.2, -0.15) is 0 Å². The van der Waals surface area contributed by atoms with E-state index in [9.17, 15) is 14.4 Å². The standard InChI is InChI=1S/C23H30N4O3S2/c28-18(24-13-19(29)26-11-5-6-12-26)14-31-23-25-21-20(16-9-3-4-10-17(16)32-21)22(30)27(23)15-7-1-2-8-15/h15H,1-14H2,(H,24,28). The van der Waals surface area contributed by atoms with Crippen molar-refractivity contribution in [2.45, 2.75) is 75.4 Å². The minimum absolute atomic E-state index is 0.0209. The molecule has 2 amide bonds. The molecule has 2 aromatic rings. The molecule has 9 heteroatoms. The van der Waals surface area contributed by atoms with Gasteiger partial charge in [0.2, 0.25) is 11.8 Å². The predicted molar refractivity (Wildman–Crippen MR) is 128 cm³/mol. The fraction of sp³-hybridized carbons (Fsp3) is 0.652. The highest BCUT2D eigenvalue weighted by molar-refractivity contribution is 7.99. The second-order valence-electron chi connectivity index (χ2n) is 9.05. The zero-order valence-corrected chi connectivity index (χ0v) is 20.0. The Morgan fingerprint density at radius 3 is 2.59 bits per heavy atom. The number of fused-ring (bicyclic) bond motifs is 3. The first kappa shape index (κ1) is 21.9. The van der Waals surface area contributed by atoms with Crippen molar-refractivity contribution in [3.05, 3.63) is 20.8 Å². The van der Waals surface area contributed by atoms with Crippen LogP contribution in [0.3, 0.4) is 0 Å². The number of nitrogens with zero attached hydrogens (tertiary/aromatic N) is 3. The first-order valence-corrected chi connectivity index (χ1v) is 13.7. The summed E-state index contributed by atoms with van der Waals surface area (Å²) in [6, 6.07) is 0.167. The molecule has 1 saturated carbocycles. The van der Waals surface area contributed by atoms with Gasteiger partial charge in [-0.25, -0.2) is 4.98 Å². The predicted octanol–water partition coefficient (Wildman–Crippen LogP) is 3.28. The average molecular weight is 475 g/mol. The third kappa shape index (κ3) is 4.33. The second-order valence-corrected chi connectivity index (χ2v) is 11.1. The molecular weight excluding hydrogens is 444 g/mol. The highest BCUT2D eigenvalue weighted by Crippen LogP contribution is 2.37. The molecule has 0 unspecified atom stereocenters. The summed E-state index contributed by atoms with van der Waals surface area (Å²) in [5.41, 5.74) is 1.30. The van der Waals surface area contributed by atoms with Crippen LogP contribution in [0.15, 0.2) is 9.95 Å². The van der Waals surface area contributed by atoms with Gasteiger partial charge < -0.3 is 10.2 Å². The summed E-state index contributed by atoms with van der Waals surface area (Å²) >= 11 is 2.98. The van der Waals surface area contributed by atoms with Crippen LogP contribution in [0.4, 0.5) is 0 Å². The van der Waals surface area contributed by atoms with Crippen molar-refractivity contribution in [1.82, 2.24) is 19.8 Å². The van der Waals surface area contributed by atoms with Gasteiger partial charge in [0, 0.05) is 24.0 Å². The Morgan fingerprint density at radius 2 is 1.81 bits per heavy atom. The molecule has 0 radical (unpaired) electrons. The lowest BCUT2D eigenvalue weighted by Gasteiger charge is -2.18. The molecule has 2 aromatic heterocycles. The molecule has 3 aliphatic rings. The maximum atomic E-state index is 13.6. The van der Waals surface area contributed by atoms with Gasteiger partial charge in [0.15, 0.2) is 5.16 Å². The van der Waals surface area contributed by atoms with Gasteiger partial charge in [0.05, 0.1) is 17.7 Å². The molecule has 1 aliphatic heterocycles. The lowest BCUT2D eigenvalue weighted by Crippen LogP contribution is -2.39. The lowest BCUT2D eigenvalue weighted by molar-refractivity contribution is -0.131. The molecule has 1 N–H and O–H groups in total. The molecule has 7 nitrogen and oxygen atoms in total. The Labute approximate surface area is 196 Å². The van der Waals surface area contributed by atoms with Crippen LogP contribution in [0.1, 0.15) is 67.8 Å². The van der Waals surface area contributed by atoms with Crippen LogP contribution in [-0.4, -0.2) is 51.7 Å². The molecule has 3 heterocycles. The number of aromatic nitrogens is 2. The number of nitrogens with one attached hydrogen (secondary N) is 1. The van der Waals surface area contributed by atoms with Gasteiger partial charge in [-0.15, -0.1) is 11.3 Å². The van der Waals surface area contributed by atoms with E-state index in [1.54, 1.807) is 16.2 Å². The summed E-state index contributed by atoms with van der Waals surface area (Å²) in [5.74, 6) is -0.0592. The van der Waals surface area contributed by atoms with E-state index in [0.29, 0.717) is 5.16 Å². The van der Waals surface area contributed by atoms with Gasteiger partial charge >= 0.3 is 0 Å². The third-order valence-corrected chi connectivity index (χ3v) is 9.04. The minimum Gasteiger partial charge on any atom is -0.346 e. The summed E-state index contributed by atoms with van der Waals surface area (Å²) in [6.07, 6.45) is 10.6. The van der Waals surface area contributed by atoms with Crippen molar-refractivity contribution in [1.29, 1.82) is 0 Å². The fourth-order valence-electron chi connectivity index (χ4n) is 5.22. The van der Waals surface area contributed by atoms with E-state index >= 15 is 0 Å². The smallest absolute Gasteiger partial charge is 0.263 e. The number of amides is 2. The maximum Gasteiger partial charge on any atom is 0.263 e. The summed E-state index contributed by atoms with van der Waals surface area (Å²) in [7, 11) is 0. The third-order valence-electron chi connectivity index (χ3n) is 6.91. The Balaban J connectivity index is 1.35. The summed E-state index contributed by atoms with van der Waals surface area (Å²) in [5, 5.41) is 4.21. The Kier molecular flexibility index (Phi) is 6.55. The molecule has 5 rings (SSSR count). The number of carbonyl (C=O) groups is 2. The number of thiophene rings is 1. The van der Waals surface area contributed by atoms with E-state index in [1.807, 2.05) is 4.57 Å². The Bertz CT molecular complexity index is 1080. The highest BCUT2D eigenvalue weighted by Gasteiger charge is 2.27. The molecule has 1 saturated heterocycles. The molecule has 2 fully saturated rings. The Hall–Kier alpha value is -1.87. The first-order chi connectivity index (χ1) is 15.6. The average Bonchev–Trinajstić information content (AvgIpc) is 3.56. The van der Waals surface area contributed by atoms with E-state index in [1.165, 1.54) is 28.6 Å². The molecule has 0 aromatic carbocycles. The first-order valence-electron chi connectivity index (χ1n) is 11.9. The zero-order chi connectivity index (χ0) is 22.1. The molecule has 0 spiro atoms. The van der Waals surface area contributed by atoms with E-state index in [2.05, 4.69) is 5.32 Å². The van der Waals surface area contributed by atoms with Gasteiger partial charge in [-0.05, 0) is 56.9 Å². The summed E-state index contributed by atoms with van der Waals surface area (Å²) in [4.78, 5) is 47.1. The van der Waals surface area contributed by atoms with E-state index in [4.69, 9.17) is 4.98 Å². The number of likely N-dealkylation sites (tertiary alicyclic amines) is 1. The van der Waals surface area contributed by atoms with Crippen LogP contribution >= 0.6 is 23.1 Å². The highest BCUT2D eigenvalue weighted by atomic mass is 32.2. The minimum atomic E-state index is -0.194. The van der Waals surface area contributed by atoms with E-state index in [-0.39, 0.29) is 35.7 Å². The molecule has 32 heavy (non-hydrogen) atoms. The van der Waals surface area contributed by atoms with Crippen LogP contribution in [0.2, 0.25) is 0 Å². The molecule has 0 bridgehead atoms. The molecule has 0 atom stereocenters. The Morgan fingerprint density at radius 1 is 1.06 bits per heavy atom. The second kappa shape index (κ2) is 9.55. The van der Waals surface area contributed by atoms with Crippen LogP contribution in [0.25, 0.3) is 10.2 Å². The number of aryl methyl sites for hydroxylation is 2. The number of hydrogen-bond donors (Lipinski definition) is 1. The number of carbonyl (C=O) groups excluding carboxylic acids is 2.